The molecule has 0 rings (SSSR count). The lowest BCUT2D eigenvalue weighted by atomic mass is 9.90. The first-order valence-corrected chi connectivity index (χ1v) is 3.35. The third-order valence-electron chi connectivity index (χ3n) is 1.18. The molecule has 0 fully saturated rings. The maximum Gasteiger partial charge on any atom is 0.119 e. The van der Waals surface area contributed by atoms with Crippen molar-refractivity contribution in [3.05, 3.63) is 6.92 Å². The van der Waals surface area contributed by atoms with Crippen LogP contribution in [-0.4, -0.2) is 6.29 Å². The maximum atomic E-state index is 9.87. The van der Waals surface area contributed by atoms with Gasteiger partial charge < -0.3 is 4.79 Å². The zero-order valence-electron chi connectivity index (χ0n) is 6.31. The fourth-order valence-corrected chi connectivity index (χ4v) is 0.664. The van der Waals surface area contributed by atoms with Crippen LogP contribution < -0.4 is 0 Å². The highest BCUT2D eigenvalue weighted by Gasteiger charge is 2.08. The molecular formula is C8H15O. The molecular weight excluding hydrogens is 112 g/mol. The number of hydrogen-bond acceptors (Lipinski definition) is 1. The summed E-state index contributed by atoms with van der Waals surface area (Å²) >= 11 is 0. The van der Waals surface area contributed by atoms with Crippen LogP contribution in [0.4, 0.5) is 0 Å². The van der Waals surface area contributed by atoms with Gasteiger partial charge in [-0.3, -0.25) is 0 Å². The Bertz CT molecular complexity index is 79.1. The van der Waals surface area contributed by atoms with Gasteiger partial charge in [-0.1, -0.05) is 13.8 Å². The molecule has 0 spiro atoms. The number of unbranched alkanes of at least 4 members (excludes halogenated alkanes) is 1. The molecule has 1 nitrogen and oxygen atoms in total. The minimum absolute atomic E-state index is 0.142. The van der Waals surface area contributed by atoms with E-state index >= 15 is 0 Å². The molecule has 0 N–H and O–H groups in total. The molecule has 9 heavy (non-hydrogen) atoms. The van der Waals surface area contributed by atoms with E-state index in [4.69, 9.17) is 0 Å². The largest absolute Gasteiger partial charge is 0.303 e. The van der Waals surface area contributed by atoms with Crippen molar-refractivity contribution < 1.29 is 4.79 Å². The molecule has 0 aliphatic rings. The van der Waals surface area contributed by atoms with Crippen molar-refractivity contribution in [3.8, 4) is 0 Å². The lowest BCUT2D eigenvalue weighted by Gasteiger charge is -2.15. The van der Waals surface area contributed by atoms with Gasteiger partial charge in [-0.15, -0.1) is 0 Å². The maximum absolute atomic E-state index is 9.87. The molecule has 0 aromatic carbocycles. The zero-order chi connectivity index (χ0) is 7.33. The smallest absolute Gasteiger partial charge is 0.119 e. The highest BCUT2D eigenvalue weighted by Crippen LogP contribution is 2.20. The average molecular weight is 127 g/mol. The highest BCUT2D eigenvalue weighted by molar-refractivity contribution is 5.48. The van der Waals surface area contributed by atoms with Crippen molar-refractivity contribution in [2.75, 3.05) is 0 Å². The van der Waals surface area contributed by atoms with Crippen LogP contribution in [-0.2, 0) is 4.79 Å². The van der Waals surface area contributed by atoms with Gasteiger partial charge in [0.2, 0.25) is 0 Å². The molecule has 0 unspecified atom stereocenters. The summed E-state index contributed by atoms with van der Waals surface area (Å²) < 4.78 is 0. The van der Waals surface area contributed by atoms with Crippen LogP contribution in [0.3, 0.4) is 0 Å². The predicted octanol–water partition coefficient (Wildman–Crippen LogP) is 2.22. The molecule has 0 atom stereocenters. The first kappa shape index (κ1) is 8.67. The van der Waals surface area contributed by atoms with E-state index in [9.17, 15) is 4.79 Å². The van der Waals surface area contributed by atoms with Crippen LogP contribution in [0.1, 0.15) is 33.1 Å². The molecule has 1 radical (unpaired) electrons. The summed E-state index contributed by atoms with van der Waals surface area (Å²) in [6, 6.07) is 0. The Morgan fingerprint density at radius 3 is 2.44 bits per heavy atom. The predicted molar refractivity (Wildman–Crippen MR) is 39.1 cm³/mol. The Hall–Kier alpha value is -0.330. The van der Waals surface area contributed by atoms with E-state index in [1.54, 1.807) is 0 Å². The summed E-state index contributed by atoms with van der Waals surface area (Å²) in [6.45, 7) is 8.09. The lowest BCUT2D eigenvalue weighted by molar-refractivity contribution is -0.108. The van der Waals surface area contributed by atoms with E-state index in [1.807, 2.05) is 0 Å². The van der Waals surface area contributed by atoms with E-state index in [0.29, 0.717) is 6.42 Å². The lowest BCUT2D eigenvalue weighted by Crippen LogP contribution is -2.04. The van der Waals surface area contributed by atoms with E-state index in [-0.39, 0.29) is 5.41 Å². The van der Waals surface area contributed by atoms with Gasteiger partial charge in [-0.2, -0.15) is 0 Å². The summed E-state index contributed by atoms with van der Waals surface area (Å²) in [5.74, 6) is 0. The van der Waals surface area contributed by atoms with Gasteiger partial charge in [-0.05, 0) is 25.2 Å². The molecule has 53 valence electrons. The first-order valence-electron chi connectivity index (χ1n) is 3.35. The Morgan fingerprint density at radius 1 is 1.56 bits per heavy atom. The molecule has 0 bridgehead atoms. The standard InChI is InChI=1S/C8H15O/c1-8(2,3)6-4-5-7-9/h7H,1,4-6H2,2-3H3. The van der Waals surface area contributed by atoms with Gasteiger partial charge in [-0.25, -0.2) is 0 Å². The average Bonchev–Trinajstić information content (AvgIpc) is 1.63. The summed E-state index contributed by atoms with van der Waals surface area (Å²) in [7, 11) is 0. The third-order valence-corrected chi connectivity index (χ3v) is 1.18. The third kappa shape index (κ3) is 7.67. The second-order valence-corrected chi connectivity index (χ2v) is 3.22. The Kier molecular flexibility index (Phi) is 3.52. The van der Waals surface area contributed by atoms with Crippen LogP contribution in [0, 0.1) is 12.3 Å². The van der Waals surface area contributed by atoms with Crippen molar-refractivity contribution in [3.63, 3.8) is 0 Å². The van der Waals surface area contributed by atoms with Gasteiger partial charge in [0.1, 0.15) is 6.29 Å². The number of carbonyl (C=O) groups is 1. The van der Waals surface area contributed by atoms with Crippen molar-refractivity contribution in [2.45, 2.75) is 33.1 Å². The first-order chi connectivity index (χ1) is 4.06. The monoisotopic (exact) mass is 127 g/mol. The van der Waals surface area contributed by atoms with Crippen molar-refractivity contribution >= 4 is 6.29 Å². The van der Waals surface area contributed by atoms with Gasteiger partial charge in [0.05, 0.1) is 0 Å². The molecule has 0 saturated carbocycles. The second kappa shape index (κ2) is 3.65. The molecule has 0 heterocycles. The fourth-order valence-electron chi connectivity index (χ4n) is 0.664. The van der Waals surface area contributed by atoms with E-state index < -0.39 is 0 Å². The van der Waals surface area contributed by atoms with Crippen molar-refractivity contribution in [1.29, 1.82) is 0 Å². The van der Waals surface area contributed by atoms with E-state index in [1.165, 1.54) is 0 Å². The zero-order valence-corrected chi connectivity index (χ0v) is 6.31. The molecule has 0 aromatic heterocycles. The number of carbonyl (C=O) groups excluding carboxylic acids is 1. The molecule has 0 aliphatic carbocycles. The second-order valence-electron chi connectivity index (χ2n) is 3.22. The van der Waals surface area contributed by atoms with E-state index in [2.05, 4.69) is 20.8 Å². The number of rotatable bonds is 4. The summed E-state index contributed by atoms with van der Waals surface area (Å²) in [5, 5.41) is 0. The van der Waals surface area contributed by atoms with Crippen LogP contribution in [0.5, 0.6) is 0 Å². The van der Waals surface area contributed by atoms with E-state index in [0.717, 1.165) is 19.1 Å². The SMILES string of the molecule is [CH2]C(C)(C)CCCC=O. The van der Waals surface area contributed by atoms with Gasteiger partial charge in [0.25, 0.3) is 0 Å². The summed E-state index contributed by atoms with van der Waals surface area (Å²) in [5.41, 5.74) is 0.142. The molecule has 1 heteroatoms. The van der Waals surface area contributed by atoms with Crippen LogP contribution in [0.25, 0.3) is 0 Å². The van der Waals surface area contributed by atoms with Crippen LogP contribution >= 0.6 is 0 Å². The topological polar surface area (TPSA) is 17.1 Å². The van der Waals surface area contributed by atoms with Crippen molar-refractivity contribution in [2.24, 2.45) is 5.41 Å². The van der Waals surface area contributed by atoms with Crippen LogP contribution in [0.15, 0.2) is 0 Å². The summed E-state index contributed by atoms with van der Waals surface area (Å²) in [6.07, 6.45) is 3.65. The Balaban J connectivity index is 3.17. The fraction of sp³-hybridized carbons (Fsp3) is 0.750. The van der Waals surface area contributed by atoms with Gasteiger partial charge in [0.15, 0.2) is 0 Å². The molecule has 0 saturated heterocycles. The Labute approximate surface area is 57.5 Å². The summed E-state index contributed by atoms with van der Waals surface area (Å²) in [4.78, 5) is 9.87. The normalized spacial score (nSPS) is 11.4. The molecule has 0 amide bonds. The minimum Gasteiger partial charge on any atom is -0.303 e. The van der Waals surface area contributed by atoms with Gasteiger partial charge in [0, 0.05) is 6.42 Å². The molecule has 0 aliphatic heterocycles. The Morgan fingerprint density at radius 2 is 2.11 bits per heavy atom. The van der Waals surface area contributed by atoms with Gasteiger partial charge >= 0.3 is 0 Å². The van der Waals surface area contributed by atoms with Crippen LogP contribution in [0.2, 0.25) is 0 Å². The quantitative estimate of drug-likeness (QED) is 0.418. The minimum atomic E-state index is 0.142. The highest BCUT2D eigenvalue weighted by atomic mass is 16.1. The van der Waals surface area contributed by atoms with Crippen molar-refractivity contribution in [1.82, 2.24) is 0 Å². The number of aldehydes is 1. The number of hydrogen-bond donors (Lipinski definition) is 0. The molecule has 0 aromatic rings.